The van der Waals surface area contributed by atoms with Crippen LogP contribution in [0, 0.1) is 21.0 Å². The summed E-state index contributed by atoms with van der Waals surface area (Å²) in [6, 6.07) is 12.8. The Labute approximate surface area is 241 Å². The molecule has 0 fully saturated rings. The molecule has 34 heavy (non-hydrogen) atoms. The van der Waals surface area contributed by atoms with E-state index in [1.165, 1.54) is 45.2 Å². The van der Waals surface area contributed by atoms with Crippen molar-refractivity contribution in [1.29, 1.82) is 0 Å². The molecular formula is C26H20Br2I2N4. The topological polar surface area (TPSA) is 46.5 Å². The first kappa shape index (κ1) is 24.5. The van der Waals surface area contributed by atoms with E-state index in [4.69, 9.17) is 0 Å². The van der Waals surface area contributed by atoms with E-state index in [9.17, 15) is 0 Å². The SMILES string of the molecule is CCn1c2c(I)cc(Br)cc2c2ccnc(C)c21.Cc1nccc2c1[nH]c1c(I)cc(Br)cc12. The minimum Gasteiger partial charge on any atom is -0.352 e. The Kier molecular flexibility index (Phi) is 6.95. The van der Waals surface area contributed by atoms with E-state index in [1.54, 1.807) is 0 Å². The average Bonchev–Trinajstić information content (AvgIpc) is 3.32. The molecule has 0 aliphatic rings. The predicted octanol–water partition coefficient (Wildman–Crippen LogP) is 9.28. The average molecular weight is 802 g/mol. The molecule has 8 heteroatoms. The molecule has 0 atom stereocenters. The van der Waals surface area contributed by atoms with Gasteiger partial charge in [-0.25, -0.2) is 0 Å². The molecular weight excluding hydrogens is 782 g/mol. The zero-order valence-electron chi connectivity index (χ0n) is 18.7. The van der Waals surface area contributed by atoms with E-state index in [-0.39, 0.29) is 0 Å². The standard InChI is InChI=1S/C14H12BrIN2.C12H8BrIN2/c1-3-18-13-8(2)17-5-4-10(13)11-6-9(15)7-12(16)14(11)18;1-6-11-8(2-3-15-6)9-4-7(13)5-10(14)12(9)16-11/h4-7H,3H2,1-2H3;2-5,16H,1H3. The maximum absolute atomic E-state index is 4.43. The zero-order chi connectivity index (χ0) is 24.1. The highest BCUT2D eigenvalue weighted by atomic mass is 127. The summed E-state index contributed by atoms with van der Waals surface area (Å²) in [5.41, 5.74) is 7.03. The quantitative estimate of drug-likeness (QED) is 0.169. The van der Waals surface area contributed by atoms with Crippen molar-refractivity contribution in [2.45, 2.75) is 27.3 Å². The van der Waals surface area contributed by atoms with Gasteiger partial charge in [-0.05, 0) is 102 Å². The number of aryl methyl sites for hydroxylation is 3. The van der Waals surface area contributed by atoms with E-state index in [0.29, 0.717) is 0 Å². The molecule has 0 saturated carbocycles. The highest BCUT2D eigenvalue weighted by Gasteiger charge is 2.15. The molecule has 0 aliphatic carbocycles. The van der Waals surface area contributed by atoms with Crippen molar-refractivity contribution < 1.29 is 0 Å². The summed E-state index contributed by atoms with van der Waals surface area (Å²) in [6.45, 7) is 7.25. The molecule has 1 N–H and O–H groups in total. The van der Waals surface area contributed by atoms with Crippen molar-refractivity contribution in [3.05, 3.63) is 76.3 Å². The van der Waals surface area contributed by atoms with E-state index in [0.717, 1.165) is 32.4 Å². The number of fused-ring (bicyclic) bond motifs is 6. The van der Waals surface area contributed by atoms with Crippen LogP contribution in [0.3, 0.4) is 0 Å². The molecule has 4 nitrogen and oxygen atoms in total. The van der Waals surface area contributed by atoms with Crippen LogP contribution in [0.15, 0.2) is 57.7 Å². The Bertz CT molecular complexity index is 1720. The summed E-state index contributed by atoms with van der Waals surface area (Å²) >= 11 is 11.9. The fourth-order valence-electron chi connectivity index (χ4n) is 4.58. The van der Waals surface area contributed by atoms with Gasteiger partial charge in [0.1, 0.15) is 0 Å². The molecule has 0 saturated heterocycles. The number of aromatic amines is 1. The molecule has 6 aromatic rings. The minimum absolute atomic E-state index is 0.962. The molecule has 2 aromatic carbocycles. The van der Waals surface area contributed by atoms with Gasteiger partial charge in [-0.3, -0.25) is 9.97 Å². The number of aromatic nitrogens is 4. The van der Waals surface area contributed by atoms with Crippen LogP contribution in [0.25, 0.3) is 43.6 Å². The third-order valence-electron chi connectivity index (χ3n) is 6.02. The molecule has 172 valence electrons. The van der Waals surface area contributed by atoms with Crippen LogP contribution in [0.1, 0.15) is 18.3 Å². The first-order valence-corrected chi connectivity index (χ1v) is 14.5. The number of nitrogens with one attached hydrogen (secondary N) is 1. The van der Waals surface area contributed by atoms with Crippen molar-refractivity contribution in [3.63, 3.8) is 0 Å². The fraction of sp³-hybridized carbons (Fsp3) is 0.154. The van der Waals surface area contributed by atoms with Crippen LogP contribution in [-0.4, -0.2) is 19.5 Å². The molecule has 0 amide bonds. The fourth-order valence-corrected chi connectivity index (χ4v) is 8.03. The molecule has 0 spiro atoms. The number of halogens is 4. The first-order valence-electron chi connectivity index (χ1n) is 10.7. The normalized spacial score (nSPS) is 11.5. The lowest BCUT2D eigenvalue weighted by molar-refractivity contribution is 0.820. The second kappa shape index (κ2) is 9.67. The number of hydrogen-bond acceptors (Lipinski definition) is 2. The minimum atomic E-state index is 0.962. The van der Waals surface area contributed by atoms with Gasteiger partial charge in [0.05, 0.1) is 33.5 Å². The van der Waals surface area contributed by atoms with Crippen LogP contribution < -0.4 is 0 Å². The molecule has 0 bridgehead atoms. The van der Waals surface area contributed by atoms with E-state index in [1.807, 2.05) is 19.3 Å². The van der Waals surface area contributed by atoms with Gasteiger partial charge in [0.25, 0.3) is 0 Å². The number of rotatable bonds is 1. The second-order valence-corrected chi connectivity index (χ2v) is 12.2. The van der Waals surface area contributed by atoms with Gasteiger partial charge in [0.15, 0.2) is 0 Å². The van der Waals surface area contributed by atoms with Crippen molar-refractivity contribution in [2.24, 2.45) is 0 Å². The highest BCUT2D eigenvalue weighted by Crippen LogP contribution is 2.35. The Morgan fingerprint density at radius 3 is 2.09 bits per heavy atom. The Hall–Kier alpha value is -1.24. The van der Waals surface area contributed by atoms with Crippen LogP contribution in [-0.2, 0) is 6.54 Å². The third kappa shape index (κ3) is 4.18. The summed E-state index contributed by atoms with van der Waals surface area (Å²) in [7, 11) is 0. The lowest BCUT2D eigenvalue weighted by atomic mass is 10.2. The summed E-state index contributed by atoms with van der Waals surface area (Å²) in [6.07, 6.45) is 3.75. The van der Waals surface area contributed by atoms with Crippen LogP contribution >= 0.6 is 77.0 Å². The lowest BCUT2D eigenvalue weighted by Crippen LogP contribution is -1.97. The van der Waals surface area contributed by atoms with Gasteiger partial charge in [0, 0.05) is 56.6 Å². The van der Waals surface area contributed by atoms with Crippen LogP contribution in [0.4, 0.5) is 0 Å². The molecule has 0 radical (unpaired) electrons. The zero-order valence-corrected chi connectivity index (χ0v) is 26.2. The lowest BCUT2D eigenvalue weighted by Gasteiger charge is -2.06. The predicted molar refractivity (Wildman–Crippen MR) is 167 cm³/mol. The molecule has 0 unspecified atom stereocenters. The van der Waals surface area contributed by atoms with Crippen LogP contribution in [0.2, 0.25) is 0 Å². The molecule has 4 aromatic heterocycles. The summed E-state index contributed by atoms with van der Waals surface area (Å²) in [5, 5.41) is 5.08. The summed E-state index contributed by atoms with van der Waals surface area (Å²) in [5.74, 6) is 0. The number of pyridine rings is 2. The van der Waals surface area contributed by atoms with Gasteiger partial charge in [-0.15, -0.1) is 0 Å². The molecule has 0 aliphatic heterocycles. The van der Waals surface area contributed by atoms with Gasteiger partial charge >= 0.3 is 0 Å². The number of hydrogen-bond donors (Lipinski definition) is 1. The number of benzene rings is 2. The van der Waals surface area contributed by atoms with Crippen molar-refractivity contribution in [2.75, 3.05) is 0 Å². The van der Waals surface area contributed by atoms with Gasteiger partial charge < -0.3 is 9.55 Å². The summed E-state index contributed by atoms with van der Waals surface area (Å²) in [4.78, 5) is 12.2. The monoisotopic (exact) mass is 800 g/mol. The van der Waals surface area contributed by atoms with Gasteiger partial charge in [-0.1, -0.05) is 31.9 Å². The smallest absolute Gasteiger partial charge is 0.0707 e. The van der Waals surface area contributed by atoms with Crippen LogP contribution in [0.5, 0.6) is 0 Å². The first-order chi connectivity index (χ1) is 16.3. The van der Waals surface area contributed by atoms with Gasteiger partial charge in [-0.2, -0.15) is 0 Å². The molecule has 6 rings (SSSR count). The van der Waals surface area contributed by atoms with Crippen molar-refractivity contribution in [1.82, 2.24) is 19.5 Å². The molecule has 4 heterocycles. The number of nitrogens with zero attached hydrogens (tertiary/aromatic N) is 3. The van der Waals surface area contributed by atoms with E-state index in [2.05, 4.69) is 147 Å². The van der Waals surface area contributed by atoms with Crippen molar-refractivity contribution in [3.8, 4) is 0 Å². The number of H-pyrrole nitrogens is 1. The van der Waals surface area contributed by atoms with Gasteiger partial charge in [0.2, 0.25) is 0 Å². The Morgan fingerprint density at radius 1 is 0.765 bits per heavy atom. The second-order valence-electron chi connectivity index (χ2n) is 8.07. The van der Waals surface area contributed by atoms with E-state index >= 15 is 0 Å². The highest BCUT2D eigenvalue weighted by molar-refractivity contribution is 14.1. The largest absolute Gasteiger partial charge is 0.352 e. The van der Waals surface area contributed by atoms with E-state index < -0.39 is 0 Å². The summed E-state index contributed by atoms with van der Waals surface area (Å²) < 4.78 is 7.09. The van der Waals surface area contributed by atoms with Crippen molar-refractivity contribution >= 4 is 121 Å². The third-order valence-corrected chi connectivity index (χ3v) is 8.61. The maximum atomic E-state index is 4.43. The Morgan fingerprint density at radius 2 is 1.38 bits per heavy atom. The Balaban J connectivity index is 0.000000142. The maximum Gasteiger partial charge on any atom is 0.0707 e.